The lowest BCUT2D eigenvalue weighted by molar-refractivity contribution is -0.132. The van der Waals surface area contributed by atoms with Crippen molar-refractivity contribution in [3.05, 3.63) is 52.9 Å². The Morgan fingerprint density at radius 1 is 1.28 bits per heavy atom. The number of aromatic nitrogens is 1. The molecule has 0 radical (unpaired) electrons. The van der Waals surface area contributed by atoms with E-state index in [1.807, 2.05) is 24.8 Å². The van der Waals surface area contributed by atoms with Gasteiger partial charge in [-0.2, -0.15) is 0 Å². The second-order valence-electron chi connectivity index (χ2n) is 7.06. The zero-order chi connectivity index (χ0) is 17.4. The topological polar surface area (TPSA) is 70.4 Å². The molecule has 6 nitrogen and oxygen atoms in total. The molecule has 2 N–H and O–H groups in total. The fraction of sp³-hybridized carbons (Fsp3) is 0.474. The molecule has 1 amide bonds. The number of nitrogens with one attached hydrogen (secondary N) is 2. The summed E-state index contributed by atoms with van der Waals surface area (Å²) in [6.45, 7) is 5.32. The van der Waals surface area contributed by atoms with Crippen molar-refractivity contribution in [3.63, 3.8) is 0 Å². The predicted octanol–water partition coefficient (Wildman–Crippen LogP) is 1.90. The first-order chi connectivity index (χ1) is 12.1. The van der Waals surface area contributed by atoms with Crippen molar-refractivity contribution in [3.8, 4) is 0 Å². The minimum Gasteiger partial charge on any atom is -0.361 e. The van der Waals surface area contributed by atoms with Crippen LogP contribution in [0.25, 0.3) is 0 Å². The number of aryl methyl sites for hydroxylation is 2. The number of nitrogens with zero attached hydrogens (tertiary/aromatic N) is 2. The Labute approximate surface area is 147 Å². The number of piperidine rings is 1. The van der Waals surface area contributed by atoms with Gasteiger partial charge in [-0.05, 0) is 25.8 Å². The van der Waals surface area contributed by atoms with Gasteiger partial charge in [0.1, 0.15) is 5.76 Å². The van der Waals surface area contributed by atoms with Gasteiger partial charge in [0.15, 0.2) is 0 Å². The molecular formula is C19H24N4O2. The number of fused-ring (bicyclic) bond motifs is 1. The summed E-state index contributed by atoms with van der Waals surface area (Å²) in [5.41, 5.74) is 9.85. The Morgan fingerprint density at radius 2 is 2.08 bits per heavy atom. The van der Waals surface area contributed by atoms with Crippen LogP contribution in [0.15, 0.2) is 34.9 Å². The average Bonchev–Trinajstić information content (AvgIpc) is 3.20. The van der Waals surface area contributed by atoms with Crippen LogP contribution in [-0.4, -0.2) is 35.1 Å². The van der Waals surface area contributed by atoms with E-state index < -0.39 is 0 Å². The summed E-state index contributed by atoms with van der Waals surface area (Å²) in [5, 5.41) is 3.95. The van der Waals surface area contributed by atoms with Gasteiger partial charge in [0.05, 0.1) is 18.2 Å². The molecule has 0 spiro atoms. The highest BCUT2D eigenvalue weighted by Crippen LogP contribution is 2.33. The molecule has 2 saturated heterocycles. The van der Waals surface area contributed by atoms with Crippen molar-refractivity contribution in [2.24, 2.45) is 5.92 Å². The summed E-state index contributed by atoms with van der Waals surface area (Å²) in [4.78, 5) is 14.8. The first kappa shape index (κ1) is 16.3. The maximum Gasteiger partial charge on any atom is 0.227 e. The summed E-state index contributed by atoms with van der Waals surface area (Å²) >= 11 is 0. The molecule has 0 saturated carbocycles. The van der Waals surface area contributed by atoms with E-state index in [4.69, 9.17) is 4.52 Å². The van der Waals surface area contributed by atoms with Gasteiger partial charge in [0.2, 0.25) is 5.91 Å². The van der Waals surface area contributed by atoms with Crippen LogP contribution in [0.2, 0.25) is 0 Å². The molecule has 1 aromatic heterocycles. The van der Waals surface area contributed by atoms with Crippen LogP contribution >= 0.6 is 0 Å². The van der Waals surface area contributed by atoms with E-state index in [0.717, 1.165) is 36.5 Å². The third kappa shape index (κ3) is 3.07. The van der Waals surface area contributed by atoms with Crippen molar-refractivity contribution < 1.29 is 9.32 Å². The molecule has 3 unspecified atom stereocenters. The molecule has 3 heterocycles. The fourth-order valence-electron chi connectivity index (χ4n) is 4.04. The maximum absolute atomic E-state index is 12.8. The first-order valence-corrected chi connectivity index (χ1v) is 8.89. The second-order valence-corrected chi connectivity index (χ2v) is 7.06. The van der Waals surface area contributed by atoms with E-state index in [2.05, 4.69) is 40.3 Å². The summed E-state index contributed by atoms with van der Waals surface area (Å²) in [5.74, 6) is 1.28. The summed E-state index contributed by atoms with van der Waals surface area (Å²) < 4.78 is 5.19. The lowest BCUT2D eigenvalue weighted by atomic mass is 9.85. The standard InChI is InChI=1S/C19H24N4O2/c1-12-15(13(2)25-22-12)10-18(24)23-9-8-17-16(11-23)19(21-20-17)14-6-4-3-5-7-14/h3-7,16-17,19-21H,8-11H2,1-2H3. The first-order valence-electron chi connectivity index (χ1n) is 8.89. The van der Waals surface area contributed by atoms with Crippen LogP contribution in [0.3, 0.4) is 0 Å². The highest BCUT2D eigenvalue weighted by atomic mass is 16.5. The van der Waals surface area contributed by atoms with Gasteiger partial charge in [-0.3, -0.25) is 10.2 Å². The Hall–Kier alpha value is -2.18. The number of rotatable bonds is 3. The molecule has 1 aromatic carbocycles. The maximum atomic E-state index is 12.8. The van der Waals surface area contributed by atoms with Gasteiger partial charge < -0.3 is 9.42 Å². The van der Waals surface area contributed by atoms with Crippen molar-refractivity contribution in [1.82, 2.24) is 20.9 Å². The van der Waals surface area contributed by atoms with Crippen LogP contribution in [-0.2, 0) is 11.2 Å². The summed E-state index contributed by atoms with van der Waals surface area (Å²) in [7, 11) is 0. The molecular weight excluding hydrogens is 316 g/mol. The summed E-state index contributed by atoms with van der Waals surface area (Å²) in [6.07, 6.45) is 1.34. The Morgan fingerprint density at radius 3 is 2.80 bits per heavy atom. The van der Waals surface area contributed by atoms with E-state index in [0.29, 0.717) is 18.4 Å². The van der Waals surface area contributed by atoms with Crippen molar-refractivity contribution in [2.75, 3.05) is 13.1 Å². The molecule has 2 aromatic rings. The minimum absolute atomic E-state index is 0.159. The predicted molar refractivity (Wildman–Crippen MR) is 93.6 cm³/mol. The van der Waals surface area contributed by atoms with E-state index in [-0.39, 0.29) is 11.9 Å². The zero-order valence-corrected chi connectivity index (χ0v) is 14.7. The molecule has 132 valence electrons. The van der Waals surface area contributed by atoms with Gasteiger partial charge in [-0.25, -0.2) is 5.43 Å². The van der Waals surface area contributed by atoms with Gasteiger partial charge >= 0.3 is 0 Å². The molecule has 2 fully saturated rings. The molecule has 2 aliphatic heterocycles. The van der Waals surface area contributed by atoms with Crippen molar-refractivity contribution >= 4 is 5.91 Å². The van der Waals surface area contributed by atoms with Crippen molar-refractivity contribution in [2.45, 2.75) is 38.8 Å². The molecule has 25 heavy (non-hydrogen) atoms. The molecule has 4 rings (SSSR count). The third-order valence-corrected chi connectivity index (χ3v) is 5.53. The number of carbonyl (C=O) groups excluding carboxylic acids is 1. The molecule has 3 atom stereocenters. The molecule has 2 aliphatic rings. The number of hydrogen-bond donors (Lipinski definition) is 2. The summed E-state index contributed by atoms with van der Waals surface area (Å²) in [6, 6.07) is 11.1. The van der Waals surface area contributed by atoms with Crippen LogP contribution in [0.4, 0.5) is 0 Å². The molecule has 0 bridgehead atoms. The molecule has 6 heteroatoms. The number of amides is 1. The van der Waals surface area contributed by atoms with E-state index in [9.17, 15) is 4.79 Å². The van der Waals surface area contributed by atoms with Gasteiger partial charge in [0, 0.05) is 30.6 Å². The van der Waals surface area contributed by atoms with E-state index in [1.54, 1.807) is 0 Å². The minimum atomic E-state index is 0.159. The monoisotopic (exact) mass is 340 g/mol. The van der Waals surface area contributed by atoms with Crippen LogP contribution in [0, 0.1) is 19.8 Å². The van der Waals surface area contributed by atoms with Gasteiger partial charge in [-0.15, -0.1) is 0 Å². The second kappa shape index (κ2) is 6.61. The van der Waals surface area contributed by atoms with Crippen LogP contribution in [0.5, 0.6) is 0 Å². The van der Waals surface area contributed by atoms with Crippen LogP contribution < -0.4 is 10.9 Å². The SMILES string of the molecule is Cc1noc(C)c1CC(=O)N1CCC2NNC(c3ccccc3)C2C1. The van der Waals surface area contributed by atoms with Gasteiger partial charge in [0.25, 0.3) is 0 Å². The quantitative estimate of drug-likeness (QED) is 0.893. The normalized spacial score (nSPS) is 25.8. The molecule has 0 aliphatic carbocycles. The smallest absolute Gasteiger partial charge is 0.227 e. The number of hydrogen-bond acceptors (Lipinski definition) is 5. The average molecular weight is 340 g/mol. The number of hydrazine groups is 1. The van der Waals surface area contributed by atoms with Crippen LogP contribution in [0.1, 0.15) is 35.0 Å². The van der Waals surface area contributed by atoms with E-state index in [1.165, 1.54) is 5.56 Å². The van der Waals surface area contributed by atoms with Crippen molar-refractivity contribution in [1.29, 1.82) is 0 Å². The number of benzene rings is 1. The lowest BCUT2D eigenvalue weighted by Gasteiger charge is -2.36. The Kier molecular flexibility index (Phi) is 4.31. The fourth-order valence-corrected chi connectivity index (χ4v) is 4.04. The number of carbonyl (C=O) groups is 1. The third-order valence-electron chi connectivity index (χ3n) is 5.53. The number of likely N-dealkylation sites (tertiary alicyclic amines) is 1. The largest absolute Gasteiger partial charge is 0.361 e. The highest BCUT2D eigenvalue weighted by Gasteiger charge is 2.41. The van der Waals surface area contributed by atoms with Gasteiger partial charge in [-0.1, -0.05) is 35.5 Å². The Balaban J connectivity index is 1.47. The zero-order valence-electron chi connectivity index (χ0n) is 14.7. The van der Waals surface area contributed by atoms with E-state index >= 15 is 0 Å². The Bertz CT molecular complexity index is 739. The highest BCUT2D eigenvalue weighted by molar-refractivity contribution is 5.79. The lowest BCUT2D eigenvalue weighted by Crippen LogP contribution is -2.48.